The lowest BCUT2D eigenvalue weighted by atomic mass is 10.3. The Morgan fingerprint density at radius 3 is 1.19 bits per heavy atom. The topological polar surface area (TPSA) is 342 Å². The summed E-state index contributed by atoms with van der Waals surface area (Å²) in [4.78, 5) is 137. The van der Waals surface area contributed by atoms with Crippen LogP contribution in [-0.4, -0.2) is 141 Å². The summed E-state index contributed by atoms with van der Waals surface area (Å²) in [5.41, 5.74) is 3.03. The van der Waals surface area contributed by atoms with Crippen molar-refractivity contribution in [2.24, 2.45) is 49.3 Å². The van der Waals surface area contributed by atoms with Crippen LogP contribution in [0.2, 0.25) is 0 Å². The fourth-order valence-corrected chi connectivity index (χ4v) is 10.0. The van der Waals surface area contributed by atoms with E-state index >= 15 is 0 Å². The van der Waals surface area contributed by atoms with Crippen molar-refractivity contribution in [2.45, 2.75) is 25.7 Å². The van der Waals surface area contributed by atoms with Crippen molar-refractivity contribution in [3.05, 3.63) is 142 Å². The van der Waals surface area contributed by atoms with Gasteiger partial charge in [0, 0.05) is 125 Å². The zero-order valence-electron chi connectivity index (χ0n) is 50.2. The van der Waals surface area contributed by atoms with E-state index in [1.807, 2.05) is 19.0 Å². The molecular weight excluding hydrogens is 1170 g/mol. The molecule has 0 fully saturated rings. The third kappa shape index (κ3) is 16.4. The molecule has 10 N–H and O–H groups in total. The van der Waals surface area contributed by atoms with Crippen molar-refractivity contribution in [3.63, 3.8) is 0 Å². The smallest absolute Gasteiger partial charge is 0.291 e. The molecule has 0 bridgehead atoms. The Labute approximate surface area is 513 Å². The number of anilines is 7. The highest BCUT2D eigenvalue weighted by Crippen LogP contribution is 2.24. The molecule has 8 aromatic heterocycles. The second kappa shape index (κ2) is 28.1. The fourth-order valence-electron chi connectivity index (χ4n) is 9.34. The Morgan fingerprint density at radius 2 is 0.798 bits per heavy atom. The maximum atomic E-state index is 13.9. The summed E-state index contributed by atoms with van der Waals surface area (Å²) in [7, 11) is 15.2. The minimum atomic E-state index is -0.650. The summed E-state index contributed by atoms with van der Waals surface area (Å²) in [6.45, 7) is 1.63. The molecule has 0 aliphatic rings. The molecular formula is C58H68FN19O10S. The van der Waals surface area contributed by atoms with E-state index in [2.05, 4.69) is 58.2 Å². The highest BCUT2D eigenvalue weighted by Gasteiger charge is 2.24. The minimum absolute atomic E-state index is 0.0139. The molecule has 10 amide bonds. The second-order valence-corrected chi connectivity index (χ2v) is 22.1. The van der Waals surface area contributed by atoms with E-state index in [1.165, 1.54) is 100 Å². The van der Waals surface area contributed by atoms with Crippen LogP contribution in [0.1, 0.15) is 109 Å². The lowest BCUT2D eigenvalue weighted by Gasteiger charge is -2.10. The molecule has 0 aromatic carbocycles. The van der Waals surface area contributed by atoms with Gasteiger partial charge in [0.2, 0.25) is 17.6 Å². The first-order valence-corrected chi connectivity index (χ1v) is 28.6. The van der Waals surface area contributed by atoms with Gasteiger partial charge in [-0.1, -0.05) is 0 Å². The van der Waals surface area contributed by atoms with E-state index in [9.17, 15) is 52.3 Å². The van der Waals surface area contributed by atoms with Crippen LogP contribution in [-0.2, 0) is 58.9 Å². The lowest BCUT2D eigenvalue weighted by Crippen LogP contribution is -2.32. The van der Waals surface area contributed by atoms with Gasteiger partial charge in [0.1, 0.15) is 44.9 Å². The van der Waals surface area contributed by atoms with Gasteiger partial charge in [-0.05, 0) is 81.3 Å². The molecule has 0 spiro atoms. The van der Waals surface area contributed by atoms with Gasteiger partial charge in [0.25, 0.3) is 47.3 Å². The van der Waals surface area contributed by atoms with Crippen molar-refractivity contribution in [1.29, 1.82) is 0 Å². The standard InChI is InChI=1S/C58H68FN19O10S/c1-71(2)18-11-16-60-47(79)13-17-62-52(82)41-21-34(27-73(41)4)64-54(84)43-23-36(29-75(43)6)66-56(86)45-25-38(31-77(45)8)68-58(88)50-70-46(32-78(50)9)69-48(80)12-10-15-61-51(81)40-20-33(26-72(40)3)63-53(83)42-22-35(28-74(42)5)65-55(85)44-24-37(30-76(44)7)67-57(87)49-39(59)14-19-89-49/h14,19-32H,10-13,15-18H2,1-9H3,(H,60,79)(H,61,81)(H,62,82)(H,63,83)(H,64,84)(H,65,85)(H,66,86)(H,67,87)(H,68,88)(H,69,80). The van der Waals surface area contributed by atoms with Crippen LogP contribution in [0.4, 0.5) is 44.3 Å². The Kier molecular flexibility index (Phi) is 20.3. The first kappa shape index (κ1) is 64.2. The van der Waals surface area contributed by atoms with E-state index in [1.54, 1.807) is 72.5 Å². The summed E-state index contributed by atoms with van der Waals surface area (Å²) < 4.78 is 24.4. The molecule has 0 saturated heterocycles. The number of carbonyl (C=O) groups is 10. The number of hydrogen-bond donors (Lipinski definition) is 10. The average molecular weight is 1240 g/mol. The normalized spacial score (nSPS) is 11.0. The van der Waals surface area contributed by atoms with Crippen LogP contribution in [0.5, 0.6) is 0 Å². The van der Waals surface area contributed by atoms with Gasteiger partial charge in [-0.2, -0.15) is 0 Å². The highest BCUT2D eigenvalue weighted by molar-refractivity contribution is 7.12. The van der Waals surface area contributed by atoms with Crippen molar-refractivity contribution in [1.82, 2.24) is 57.8 Å². The molecule has 0 aliphatic heterocycles. The summed E-state index contributed by atoms with van der Waals surface area (Å²) in [6.07, 6.45) is 11.9. The number of nitrogens with one attached hydrogen (secondary N) is 10. The number of nitrogens with zero attached hydrogens (tertiary/aromatic N) is 9. The third-order valence-electron chi connectivity index (χ3n) is 13.8. The molecule has 0 aliphatic carbocycles. The van der Waals surface area contributed by atoms with Crippen LogP contribution >= 0.6 is 11.3 Å². The number of rotatable bonds is 26. The summed E-state index contributed by atoms with van der Waals surface area (Å²) >= 11 is 0.949. The fraction of sp³-hybridized carbons (Fsp3) is 0.293. The van der Waals surface area contributed by atoms with E-state index < -0.39 is 59.0 Å². The van der Waals surface area contributed by atoms with Crippen LogP contribution in [0.3, 0.4) is 0 Å². The molecule has 0 unspecified atom stereocenters. The lowest BCUT2D eigenvalue weighted by molar-refractivity contribution is -0.121. The van der Waals surface area contributed by atoms with E-state index in [4.69, 9.17) is 0 Å². The monoisotopic (exact) mass is 1240 g/mol. The molecule has 0 radical (unpaired) electrons. The quantitative estimate of drug-likeness (QED) is 0.0335. The molecule has 8 aromatic rings. The molecule has 89 heavy (non-hydrogen) atoms. The third-order valence-corrected chi connectivity index (χ3v) is 14.6. The summed E-state index contributed by atoms with van der Waals surface area (Å²) in [5.74, 6) is -5.50. The van der Waals surface area contributed by atoms with Gasteiger partial charge >= 0.3 is 0 Å². The van der Waals surface area contributed by atoms with Gasteiger partial charge < -0.3 is 90.0 Å². The van der Waals surface area contributed by atoms with Gasteiger partial charge in [0.05, 0.1) is 34.1 Å². The molecule has 0 atom stereocenters. The predicted octanol–water partition coefficient (Wildman–Crippen LogP) is 4.50. The largest absolute Gasteiger partial charge is 0.356 e. The van der Waals surface area contributed by atoms with Crippen molar-refractivity contribution in [2.75, 3.05) is 77.5 Å². The first-order valence-electron chi connectivity index (χ1n) is 27.7. The van der Waals surface area contributed by atoms with E-state index in [0.717, 1.165) is 24.3 Å². The summed E-state index contributed by atoms with van der Waals surface area (Å²) in [5, 5.41) is 28.8. The number of aryl methyl sites for hydroxylation is 7. The number of carbonyl (C=O) groups excluding carboxylic acids is 10. The Bertz CT molecular complexity index is 4030. The SMILES string of the molecule is CN(C)CCCNC(=O)CCNC(=O)c1cc(NC(=O)c2cc(NC(=O)c3cc(NC(=O)c4nc(NC(=O)CCCNC(=O)c5cc(NC(=O)c6cc(NC(=O)c7cc(NC(=O)c8sccc8F)cn7C)cn6C)cn5C)cn4C)cn3C)cn2C)cn1C. The summed E-state index contributed by atoms with van der Waals surface area (Å²) in [6, 6.07) is 10.0. The highest BCUT2D eigenvalue weighted by atomic mass is 32.1. The minimum Gasteiger partial charge on any atom is -0.356 e. The van der Waals surface area contributed by atoms with Crippen LogP contribution < -0.4 is 53.2 Å². The van der Waals surface area contributed by atoms with Gasteiger partial charge in [-0.3, -0.25) is 47.9 Å². The molecule has 8 rings (SSSR count). The van der Waals surface area contributed by atoms with Crippen molar-refractivity contribution in [3.8, 4) is 0 Å². The Morgan fingerprint density at radius 1 is 0.427 bits per heavy atom. The first-order chi connectivity index (χ1) is 42.3. The molecule has 8 heterocycles. The van der Waals surface area contributed by atoms with Crippen LogP contribution in [0, 0.1) is 5.82 Å². The van der Waals surface area contributed by atoms with E-state index in [0.29, 0.717) is 29.3 Å². The van der Waals surface area contributed by atoms with Gasteiger partial charge in [-0.25, -0.2) is 9.37 Å². The van der Waals surface area contributed by atoms with Gasteiger partial charge in [-0.15, -0.1) is 11.3 Å². The molecule has 468 valence electrons. The van der Waals surface area contributed by atoms with E-state index in [-0.39, 0.29) is 100 Å². The number of imidazole rings is 1. The molecule has 31 heteroatoms. The number of halogens is 1. The maximum Gasteiger partial charge on any atom is 0.291 e. The van der Waals surface area contributed by atoms with Crippen molar-refractivity contribution < 1.29 is 52.3 Å². The predicted molar refractivity (Wildman–Crippen MR) is 331 cm³/mol. The van der Waals surface area contributed by atoms with Crippen LogP contribution in [0.25, 0.3) is 0 Å². The second-order valence-electron chi connectivity index (χ2n) is 21.2. The molecule has 0 saturated carbocycles. The number of aromatic nitrogens is 8. The number of hydrogen-bond acceptors (Lipinski definition) is 13. The number of amides is 10. The average Bonchev–Trinajstić information content (AvgIpc) is 2.77. The zero-order chi connectivity index (χ0) is 64.4. The van der Waals surface area contributed by atoms with Crippen molar-refractivity contribution >= 4 is 110 Å². The Hall–Kier alpha value is -10.8. The maximum absolute atomic E-state index is 13.9. The molecule has 29 nitrogen and oxygen atoms in total. The Balaban J connectivity index is 0.747. The van der Waals surface area contributed by atoms with Crippen LogP contribution in [0.15, 0.2) is 91.2 Å². The van der Waals surface area contributed by atoms with Gasteiger partial charge in [0.15, 0.2) is 5.82 Å². The zero-order valence-corrected chi connectivity index (χ0v) is 51.0. The number of thiophene rings is 1.